The molecule has 4 heteroatoms. The summed E-state index contributed by atoms with van der Waals surface area (Å²) in [5.41, 5.74) is 0. The van der Waals surface area contributed by atoms with Crippen molar-refractivity contribution in [1.29, 1.82) is 0 Å². The SMILES string of the molecule is CC(C)c1ncc(CNc2ccccn2)s1. The van der Waals surface area contributed by atoms with Gasteiger partial charge in [0.05, 0.1) is 11.6 Å². The second-order valence-corrected chi connectivity index (χ2v) is 5.03. The van der Waals surface area contributed by atoms with Crippen molar-refractivity contribution < 1.29 is 0 Å². The van der Waals surface area contributed by atoms with E-state index in [1.807, 2.05) is 24.4 Å². The highest BCUT2D eigenvalue weighted by Crippen LogP contribution is 2.21. The molecule has 84 valence electrons. The predicted molar refractivity (Wildman–Crippen MR) is 67.8 cm³/mol. The molecule has 0 aliphatic rings. The number of rotatable bonds is 4. The summed E-state index contributed by atoms with van der Waals surface area (Å²) >= 11 is 1.76. The molecule has 0 amide bonds. The first-order valence-corrected chi connectivity index (χ1v) is 6.17. The molecule has 0 radical (unpaired) electrons. The molecule has 0 fully saturated rings. The van der Waals surface area contributed by atoms with Gasteiger partial charge >= 0.3 is 0 Å². The van der Waals surface area contributed by atoms with Gasteiger partial charge in [0.25, 0.3) is 0 Å². The van der Waals surface area contributed by atoms with Crippen molar-refractivity contribution in [2.24, 2.45) is 0 Å². The molecule has 0 aliphatic carbocycles. The molecule has 2 aromatic heterocycles. The monoisotopic (exact) mass is 233 g/mol. The molecule has 0 spiro atoms. The Kier molecular flexibility index (Phi) is 3.51. The maximum Gasteiger partial charge on any atom is 0.126 e. The Morgan fingerprint density at radius 3 is 2.81 bits per heavy atom. The summed E-state index contributed by atoms with van der Waals surface area (Å²) in [5, 5.41) is 4.46. The van der Waals surface area contributed by atoms with Crippen LogP contribution in [0, 0.1) is 0 Å². The third-order valence-corrected chi connectivity index (χ3v) is 3.47. The lowest BCUT2D eigenvalue weighted by Gasteiger charge is -2.02. The zero-order valence-electron chi connectivity index (χ0n) is 9.47. The lowest BCUT2D eigenvalue weighted by atomic mass is 10.2. The third kappa shape index (κ3) is 2.79. The molecule has 0 bridgehead atoms. The van der Waals surface area contributed by atoms with E-state index >= 15 is 0 Å². The van der Waals surface area contributed by atoms with Gasteiger partial charge in [-0.1, -0.05) is 19.9 Å². The lowest BCUT2D eigenvalue weighted by molar-refractivity contribution is 0.852. The summed E-state index contributed by atoms with van der Waals surface area (Å²) < 4.78 is 0. The predicted octanol–water partition coefficient (Wildman–Crippen LogP) is 3.27. The van der Waals surface area contributed by atoms with E-state index in [0.29, 0.717) is 5.92 Å². The van der Waals surface area contributed by atoms with Gasteiger partial charge in [0.2, 0.25) is 0 Å². The van der Waals surface area contributed by atoms with Gasteiger partial charge in [0.1, 0.15) is 5.82 Å². The average molecular weight is 233 g/mol. The van der Waals surface area contributed by atoms with Gasteiger partial charge < -0.3 is 5.32 Å². The number of nitrogens with zero attached hydrogens (tertiary/aromatic N) is 2. The quantitative estimate of drug-likeness (QED) is 0.880. The topological polar surface area (TPSA) is 37.8 Å². The van der Waals surface area contributed by atoms with Crippen LogP contribution in [0.15, 0.2) is 30.6 Å². The first kappa shape index (κ1) is 11.1. The van der Waals surface area contributed by atoms with E-state index in [9.17, 15) is 0 Å². The van der Waals surface area contributed by atoms with E-state index in [1.165, 1.54) is 9.88 Å². The molecule has 2 rings (SSSR count). The van der Waals surface area contributed by atoms with Crippen LogP contribution < -0.4 is 5.32 Å². The molecular weight excluding hydrogens is 218 g/mol. The molecule has 0 unspecified atom stereocenters. The van der Waals surface area contributed by atoms with Gasteiger partial charge in [0.15, 0.2) is 0 Å². The van der Waals surface area contributed by atoms with Crippen LogP contribution >= 0.6 is 11.3 Å². The fourth-order valence-electron chi connectivity index (χ4n) is 1.32. The molecule has 2 aromatic rings. The molecule has 3 nitrogen and oxygen atoms in total. The van der Waals surface area contributed by atoms with Crippen LogP contribution in [0.25, 0.3) is 0 Å². The van der Waals surface area contributed by atoms with Gasteiger partial charge in [-0.25, -0.2) is 9.97 Å². The van der Waals surface area contributed by atoms with Crippen molar-refractivity contribution in [1.82, 2.24) is 9.97 Å². The maximum absolute atomic E-state index is 4.39. The second kappa shape index (κ2) is 5.07. The summed E-state index contributed by atoms with van der Waals surface area (Å²) in [6, 6.07) is 5.85. The van der Waals surface area contributed by atoms with Crippen molar-refractivity contribution in [2.75, 3.05) is 5.32 Å². The zero-order chi connectivity index (χ0) is 11.4. The smallest absolute Gasteiger partial charge is 0.126 e. The molecule has 0 aliphatic heterocycles. The summed E-state index contributed by atoms with van der Waals surface area (Å²) in [4.78, 5) is 9.84. The number of hydrogen-bond donors (Lipinski definition) is 1. The summed E-state index contributed by atoms with van der Waals surface area (Å²) in [7, 11) is 0. The highest BCUT2D eigenvalue weighted by atomic mass is 32.1. The number of anilines is 1. The highest BCUT2D eigenvalue weighted by Gasteiger charge is 2.05. The molecule has 0 saturated heterocycles. The van der Waals surface area contributed by atoms with Gasteiger partial charge in [-0.3, -0.25) is 0 Å². The molecular formula is C12H15N3S. The van der Waals surface area contributed by atoms with Crippen LogP contribution in [0.3, 0.4) is 0 Å². The van der Waals surface area contributed by atoms with Gasteiger partial charge in [-0.05, 0) is 12.1 Å². The van der Waals surface area contributed by atoms with E-state index in [0.717, 1.165) is 12.4 Å². The van der Waals surface area contributed by atoms with E-state index in [4.69, 9.17) is 0 Å². The Morgan fingerprint density at radius 1 is 1.31 bits per heavy atom. The third-order valence-electron chi connectivity index (χ3n) is 2.17. The average Bonchev–Trinajstić information content (AvgIpc) is 2.76. The first-order chi connectivity index (χ1) is 7.75. The first-order valence-electron chi connectivity index (χ1n) is 5.35. The summed E-state index contributed by atoms with van der Waals surface area (Å²) in [6.45, 7) is 5.12. The van der Waals surface area contributed by atoms with Crippen LogP contribution in [0.2, 0.25) is 0 Å². The van der Waals surface area contributed by atoms with Crippen LogP contribution in [0.5, 0.6) is 0 Å². The summed E-state index contributed by atoms with van der Waals surface area (Å²) in [5.74, 6) is 1.41. The number of aromatic nitrogens is 2. The fraction of sp³-hybridized carbons (Fsp3) is 0.333. The van der Waals surface area contributed by atoms with Crippen LogP contribution in [0.1, 0.15) is 29.7 Å². The van der Waals surface area contributed by atoms with Crippen molar-refractivity contribution in [3.8, 4) is 0 Å². The van der Waals surface area contributed by atoms with Gasteiger partial charge in [-0.2, -0.15) is 0 Å². The molecule has 0 atom stereocenters. The van der Waals surface area contributed by atoms with Gasteiger partial charge in [-0.15, -0.1) is 11.3 Å². The minimum absolute atomic E-state index is 0.508. The normalized spacial score (nSPS) is 10.7. The number of nitrogens with one attached hydrogen (secondary N) is 1. The largest absolute Gasteiger partial charge is 0.365 e. The molecule has 2 heterocycles. The minimum atomic E-state index is 0.508. The maximum atomic E-state index is 4.39. The molecule has 1 N–H and O–H groups in total. The zero-order valence-corrected chi connectivity index (χ0v) is 10.3. The summed E-state index contributed by atoms with van der Waals surface area (Å²) in [6.07, 6.45) is 3.73. The Hall–Kier alpha value is -1.42. The number of thiazole rings is 1. The Bertz CT molecular complexity index is 437. The highest BCUT2D eigenvalue weighted by molar-refractivity contribution is 7.11. The van der Waals surface area contributed by atoms with Crippen molar-refractivity contribution in [2.45, 2.75) is 26.3 Å². The Morgan fingerprint density at radius 2 is 2.19 bits per heavy atom. The van der Waals surface area contributed by atoms with Gasteiger partial charge in [0, 0.05) is 23.2 Å². The van der Waals surface area contributed by atoms with Crippen molar-refractivity contribution >= 4 is 17.2 Å². The van der Waals surface area contributed by atoms with Crippen molar-refractivity contribution in [3.63, 3.8) is 0 Å². The number of hydrogen-bond acceptors (Lipinski definition) is 4. The van der Waals surface area contributed by atoms with E-state index in [1.54, 1.807) is 17.5 Å². The molecule has 16 heavy (non-hydrogen) atoms. The Labute approximate surface area is 99.6 Å². The lowest BCUT2D eigenvalue weighted by Crippen LogP contribution is -1.98. The minimum Gasteiger partial charge on any atom is -0.365 e. The van der Waals surface area contributed by atoms with Crippen LogP contribution in [0.4, 0.5) is 5.82 Å². The van der Waals surface area contributed by atoms with E-state index in [-0.39, 0.29) is 0 Å². The van der Waals surface area contributed by atoms with E-state index in [2.05, 4.69) is 29.1 Å². The van der Waals surface area contributed by atoms with Crippen LogP contribution in [-0.2, 0) is 6.54 Å². The fourth-order valence-corrected chi connectivity index (χ4v) is 2.18. The molecule has 0 aromatic carbocycles. The van der Waals surface area contributed by atoms with Crippen LogP contribution in [-0.4, -0.2) is 9.97 Å². The standard InChI is InChI=1S/C12H15N3S/c1-9(2)12-15-8-10(16-12)7-14-11-5-3-4-6-13-11/h3-6,8-9H,7H2,1-2H3,(H,13,14). The van der Waals surface area contributed by atoms with E-state index < -0.39 is 0 Å². The second-order valence-electron chi connectivity index (χ2n) is 3.89. The Balaban J connectivity index is 1.95. The number of pyridine rings is 1. The molecule has 0 saturated carbocycles. The van der Waals surface area contributed by atoms with Crippen molar-refractivity contribution in [3.05, 3.63) is 40.5 Å².